The van der Waals surface area contributed by atoms with E-state index in [0.29, 0.717) is 44.5 Å². The van der Waals surface area contributed by atoms with E-state index in [1.54, 1.807) is 36.9 Å². The molecule has 2 amide bonds. The van der Waals surface area contributed by atoms with Crippen LogP contribution in [0.3, 0.4) is 0 Å². The highest BCUT2D eigenvalue weighted by atomic mass is 16.2. The number of piperidine rings is 1. The monoisotopic (exact) mass is 428 g/mol. The maximum Gasteiger partial charge on any atom is 0.253 e. The van der Waals surface area contributed by atoms with Gasteiger partial charge >= 0.3 is 0 Å². The average Bonchev–Trinajstić information content (AvgIpc) is 2.85. The first-order valence-electron chi connectivity index (χ1n) is 11.1. The highest BCUT2D eigenvalue weighted by Crippen LogP contribution is 2.37. The van der Waals surface area contributed by atoms with Gasteiger partial charge in [-0.1, -0.05) is 24.3 Å². The van der Waals surface area contributed by atoms with Gasteiger partial charge in [-0.05, 0) is 67.1 Å². The number of nitrogens with one attached hydrogen (secondary N) is 1. The molecule has 6 nitrogen and oxygen atoms in total. The van der Waals surface area contributed by atoms with Crippen LogP contribution in [0, 0.1) is 5.41 Å². The minimum absolute atomic E-state index is 0.00316. The molecule has 1 aliphatic rings. The topological polar surface area (TPSA) is 75.2 Å². The third-order valence-corrected chi connectivity index (χ3v) is 6.24. The fraction of sp³-hybridized carbons (Fsp3) is 0.308. The Morgan fingerprint density at radius 1 is 0.938 bits per heavy atom. The number of nitrogens with zero attached hydrogens (tertiary/aromatic N) is 3. The molecule has 3 heterocycles. The molecule has 0 radical (unpaired) electrons. The second-order valence-electron chi connectivity index (χ2n) is 8.28. The zero-order valence-electron chi connectivity index (χ0n) is 18.3. The van der Waals surface area contributed by atoms with Crippen molar-refractivity contribution in [3.63, 3.8) is 0 Å². The molecule has 0 unspecified atom stereocenters. The Kier molecular flexibility index (Phi) is 6.59. The molecule has 3 aromatic rings. The molecule has 1 fully saturated rings. The smallest absolute Gasteiger partial charge is 0.253 e. The van der Waals surface area contributed by atoms with E-state index in [9.17, 15) is 9.59 Å². The number of hydrogen-bond acceptors (Lipinski definition) is 4. The van der Waals surface area contributed by atoms with Crippen LogP contribution in [-0.4, -0.2) is 46.3 Å². The van der Waals surface area contributed by atoms with Crippen molar-refractivity contribution in [3.8, 4) is 11.1 Å². The maximum atomic E-state index is 13.2. The Morgan fingerprint density at radius 2 is 1.59 bits per heavy atom. The number of aromatic nitrogens is 2. The summed E-state index contributed by atoms with van der Waals surface area (Å²) >= 11 is 0. The Morgan fingerprint density at radius 3 is 2.25 bits per heavy atom. The summed E-state index contributed by atoms with van der Waals surface area (Å²) in [5.74, 6) is 0.0712. The minimum atomic E-state index is -0.526. The first-order chi connectivity index (χ1) is 15.6. The summed E-state index contributed by atoms with van der Waals surface area (Å²) in [5, 5.41) is 3.04. The van der Waals surface area contributed by atoms with Crippen molar-refractivity contribution in [2.45, 2.75) is 26.2 Å². The van der Waals surface area contributed by atoms with Gasteiger partial charge in [0.05, 0.1) is 5.41 Å². The van der Waals surface area contributed by atoms with Gasteiger partial charge < -0.3 is 10.2 Å². The molecule has 164 valence electrons. The number of carbonyl (C=O) groups is 2. The maximum absolute atomic E-state index is 13.2. The molecule has 6 heteroatoms. The van der Waals surface area contributed by atoms with Crippen LogP contribution in [0.2, 0.25) is 0 Å². The molecule has 0 bridgehead atoms. The zero-order chi connectivity index (χ0) is 22.4. The van der Waals surface area contributed by atoms with Crippen LogP contribution >= 0.6 is 0 Å². The molecule has 0 saturated carbocycles. The molecular weight excluding hydrogens is 400 g/mol. The molecule has 1 aliphatic heterocycles. The highest BCUT2D eigenvalue weighted by Gasteiger charge is 2.42. The number of rotatable bonds is 6. The van der Waals surface area contributed by atoms with Crippen molar-refractivity contribution in [1.82, 2.24) is 20.2 Å². The van der Waals surface area contributed by atoms with Crippen molar-refractivity contribution in [3.05, 3.63) is 84.4 Å². The van der Waals surface area contributed by atoms with Gasteiger partial charge in [0.1, 0.15) is 0 Å². The average molecular weight is 429 g/mol. The van der Waals surface area contributed by atoms with Crippen molar-refractivity contribution in [1.29, 1.82) is 0 Å². The van der Waals surface area contributed by atoms with E-state index in [0.717, 1.165) is 16.7 Å². The summed E-state index contributed by atoms with van der Waals surface area (Å²) < 4.78 is 0. The molecule has 1 N–H and O–H groups in total. The SMILES string of the molecule is CCNC(=O)C1(Cc2cccc(-c3ccncc3)c2)CCN(C(=O)c2ccncc2)CC1. The number of benzene rings is 1. The van der Waals surface area contributed by atoms with Crippen LogP contribution in [0.5, 0.6) is 0 Å². The molecule has 1 aromatic carbocycles. The lowest BCUT2D eigenvalue weighted by atomic mass is 9.72. The van der Waals surface area contributed by atoms with Gasteiger partial charge in [0.25, 0.3) is 5.91 Å². The summed E-state index contributed by atoms with van der Waals surface area (Å²) in [6.07, 6.45) is 8.75. The predicted molar refractivity (Wildman–Crippen MR) is 124 cm³/mol. The fourth-order valence-corrected chi connectivity index (χ4v) is 4.44. The van der Waals surface area contributed by atoms with E-state index in [1.165, 1.54) is 0 Å². The Bertz CT molecular complexity index is 1060. The van der Waals surface area contributed by atoms with Crippen LogP contribution in [0.1, 0.15) is 35.7 Å². The lowest BCUT2D eigenvalue weighted by Crippen LogP contribution is -2.51. The summed E-state index contributed by atoms with van der Waals surface area (Å²) in [7, 11) is 0. The summed E-state index contributed by atoms with van der Waals surface area (Å²) in [4.78, 5) is 36.0. The third kappa shape index (κ3) is 4.69. The van der Waals surface area contributed by atoms with E-state index >= 15 is 0 Å². The Balaban J connectivity index is 1.54. The van der Waals surface area contributed by atoms with Crippen LogP contribution in [0.25, 0.3) is 11.1 Å². The van der Waals surface area contributed by atoms with Gasteiger partial charge in [0.15, 0.2) is 0 Å². The lowest BCUT2D eigenvalue weighted by molar-refractivity contribution is -0.133. The van der Waals surface area contributed by atoms with Crippen molar-refractivity contribution < 1.29 is 9.59 Å². The number of hydrogen-bond donors (Lipinski definition) is 1. The first kappa shape index (κ1) is 21.7. The summed E-state index contributed by atoms with van der Waals surface area (Å²) in [6.45, 7) is 3.65. The third-order valence-electron chi connectivity index (χ3n) is 6.24. The second-order valence-corrected chi connectivity index (χ2v) is 8.28. The molecule has 4 rings (SSSR count). The van der Waals surface area contributed by atoms with Crippen molar-refractivity contribution >= 4 is 11.8 Å². The zero-order valence-corrected chi connectivity index (χ0v) is 18.3. The fourth-order valence-electron chi connectivity index (χ4n) is 4.44. The molecule has 0 atom stereocenters. The van der Waals surface area contributed by atoms with Crippen molar-refractivity contribution in [2.24, 2.45) is 5.41 Å². The summed E-state index contributed by atoms with van der Waals surface area (Å²) in [5.41, 5.74) is 3.45. The molecule has 32 heavy (non-hydrogen) atoms. The lowest BCUT2D eigenvalue weighted by Gasteiger charge is -2.41. The van der Waals surface area contributed by atoms with Gasteiger partial charge in [-0.3, -0.25) is 19.6 Å². The van der Waals surface area contributed by atoms with Gasteiger partial charge in [0, 0.05) is 50.0 Å². The van der Waals surface area contributed by atoms with Gasteiger partial charge in [0.2, 0.25) is 5.91 Å². The van der Waals surface area contributed by atoms with Crippen LogP contribution in [0.4, 0.5) is 0 Å². The van der Waals surface area contributed by atoms with Crippen LogP contribution in [0.15, 0.2) is 73.3 Å². The number of amides is 2. The van der Waals surface area contributed by atoms with E-state index in [4.69, 9.17) is 0 Å². The van der Waals surface area contributed by atoms with Gasteiger partial charge in [-0.25, -0.2) is 0 Å². The van der Waals surface area contributed by atoms with E-state index in [1.807, 2.05) is 30.0 Å². The Hall–Kier alpha value is -3.54. The van der Waals surface area contributed by atoms with Gasteiger partial charge in [-0.15, -0.1) is 0 Å². The number of pyridine rings is 2. The minimum Gasteiger partial charge on any atom is -0.356 e. The second kappa shape index (κ2) is 9.73. The normalized spacial score (nSPS) is 15.2. The first-order valence-corrected chi connectivity index (χ1v) is 11.1. The quantitative estimate of drug-likeness (QED) is 0.649. The molecular formula is C26H28N4O2. The number of likely N-dealkylation sites (tertiary alicyclic amines) is 1. The molecule has 1 saturated heterocycles. The molecule has 2 aromatic heterocycles. The van der Waals surface area contributed by atoms with E-state index in [-0.39, 0.29) is 11.8 Å². The highest BCUT2D eigenvalue weighted by molar-refractivity contribution is 5.94. The standard InChI is InChI=1S/C26H28N4O2/c1-2-29-25(32)26(10-16-30(17-11-26)24(31)22-8-14-28-15-9-22)19-20-4-3-5-23(18-20)21-6-12-27-13-7-21/h3-9,12-15,18H,2,10-11,16-17,19H2,1H3,(H,29,32). The Labute approximate surface area is 188 Å². The van der Waals surface area contributed by atoms with Crippen LogP contribution < -0.4 is 5.32 Å². The number of carbonyl (C=O) groups excluding carboxylic acids is 2. The van der Waals surface area contributed by atoms with Crippen LogP contribution in [-0.2, 0) is 11.2 Å². The van der Waals surface area contributed by atoms with E-state index < -0.39 is 5.41 Å². The van der Waals surface area contributed by atoms with Gasteiger partial charge in [-0.2, -0.15) is 0 Å². The largest absolute Gasteiger partial charge is 0.356 e. The summed E-state index contributed by atoms with van der Waals surface area (Å²) in [6, 6.07) is 15.8. The predicted octanol–water partition coefficient (Wildman–Crippen LogP) is 3.74. The molecule has 0 aliphatic carbocycles. The van der Waals surface area contributed by atoms with Crippen molar-refractivity contribution in [2.75, 3.05) is 19.6 Å². The molecule has 0 spiro atoms. The van der Waals surface area contributed by atoms with E-state index in [2.05, 4.69) is 33.5 Å².